The van der Waals surface area contributed by atoms with E-state index in [9.17, 15) is 8.42 Å². The fourth-order valence-electron chi connectivity index (χ4n) is 3.31. The quantitative estimate of drug-likeness (QED) is 0.457. The Kier molecular flexibility index (Phi) is 6.06. The Morgan fingerprint density at radius 2 is 1.57 bits per heavy atom. The highest BCUT2D eigenvalue weighted by Crippen LogP contribution is 2.34. The van der Waals surface area contributed by atoms with E-state index in [1.807, 2.05) is 42.5 Å². The molecule has 0 amide bonds. The van der Waals surface area contributed by atoms with Gasteiger partial charge in [0.25, 0.3) is 10.0 Å². The van der Waals surface area contributed by atoms with Gasteiger partial charge in [0.05, 0.1) is 22.9 Å². The number of para-hydroxylation sites is 2. The minimum Gasteiger partial charge on any atom is -0.490 e. The summed E-state index contributed by atoms with van der Waals surface area (Å²) < 4.78 is 40.0. The predicted octanol–water partition coefficient (Wildman–Crippen LogP) is 4.94. The van der Waals surface area contributed by atoms with Crippen LogP contribution in [0.25, 0.3) is 0 Å². The van der Waals surface area contributed by atoms with Crippen LogP contribution in [0.3, 0.4) is 0 Å². The third-order valence-electron chi connectivity index (χ3n) is 4.90. The molecule has 3 aromatic rings. The highest BCUT2D eigenvalue weighted by molar-refractivity contribution is 7.93. The fourth-order valence-corrected chi connectivity index (χ4v) is 4.82. The number of epoxide rings is 1. The first-order valence-corrected chi connectivity index (χ1v) is 11.6. The zero-order chi connectivity index (χ0) is 21.0. The summed E-state index contributed by atoms with van der Waals surface area (Å²) in [7, 11) is -3.86. The van der Waals surface area contributed by atoms with Crippen molar-refractivity contribution in [3.05, 3.63) is 84.4 Å². The van der Waals surface area contributed by atoms with Crippen molar-refractivity contribution < 1.29 is 17.9 Å². The van der Waals surface area contributed by atoms with Gasteiger partial charge in [-0.2, -0.15) is 0 Å². The van der Waals surface area contributed by atoms with Gasteiger partial charge in [0, 0.05) is 6.07 Å². The highest BCUT2D eigenvalue weighted by Gasteiger charge is 2.28. The van der Waals surface area contributed by atoms with Crippen molar-refractivity contribution in [3.8, 4) is 5.75 Å². The second kappa shape index (κ2) is 8.90. The number of hydrogen-bond acceptors (Lipinski definition) is 4. The van der Waals surface area contributed by atoms with Gasteiger partial charge in [0.2, 0.25) is 0 Å². The zero-order valence-electron chi connectivity index (χ0n) is 16.9. The molecule has 1 aliphatic rings. The van der Waals surface area contributed by atoms with Gasteiger partial charge in [0.15, 0.2) is 0 Å². The van der Waals surface area contributed by atoms with Crippen molar-refractivity contribution in [1.29, 1.82) is 0 Å². The molecule has 1 heterocycles. The second-order valence-corrected chi connectivity index (χ2v) is 9.01. The van der Waals surface area contributed by atoms with Gasteiger partial charge in [0.1, 0.15) is 18.5 Å². The van der Waals surface area contributed by atoms with Gasteiger partial charge in [-0.15, -0.1) is 0 Å². The van der Waals surface area contributed by atoms with Crippen molar-refractivity contribution in [2.24, 2.45) is 0 Å². The van der Waals surface area contributed by atoms with Gasteiger partial charge < -0.3 is 9.47 Å². The molecule has 156 valence electrons. The van der Waals surface area contributed by atoms with E-state index < -0.39 is 10.0 Å². The smallest absolute Gasteiger partial charge is 0.268 e. The first-order valence-electron chi connectivity index (χ1n) is 10.1. The van der Waals surface area contributed by atoms with E-state index in [1.165, 1.54) is 4.31 Å². The summed E-state index contributed by atoms with van der Waals surface area (Å²) >= 11 is 0. The molecule has 0 aromatic heterocycles. The summed E-state index contributed by atoms with van der Waals surface area (Å²) in [6, 6.07) is 23.4. The van der Waals surface area contributed by atoms with Crippen molar-refractivity contribution in [2.45, 2.75) is 30.8 Å². The Balaban J connectivity index is 1.76. The maximum Gasteiger partial charge on any atom is 0.268 e. The standard InChI is InChI=1S/C24H25NO4S/c1-2-9-19-14-15-23(16-24(19)29-18-22-17-28-22)30(26,27)25(20-10-5-3-6-11-20)21-12-7-4-8-13-21/h3-8,10-16,22H,2,9,17-18H2,1H3. The lowest BCUT2D eigenvalue weighted by Gasteiger charge is -2.25. The summed E-state index contributed by atoms with van der Waals surface area (Å²) in [5.74, 6) is 0.606. The number of rotatable bonds is 9. The summed E-state index contributed by atoms with van der Waals surface area (Å²) in [6.07, 6.45) is 1.87. The zero-order valence-corrected chi connectivity index (χ0v) is 17.7. The van der Waals surface area contributed by atoms with Crippen LogP contribution in [-0.2, 0) is 21.2 Å². The summed E-state index contributed by atoms with van der Waals surface area (Å²) in [6.45, 7) is 3.21. The minimum atomic E-state index is -3.86. The number of aryl methyl sites for hydroxylation is 1. The third kappa shape index (κ3) is 4.50. The molecule has 5 nitrogen and oxygen atoms in total. The summed E-state index contributed by atoms with van der Waals surface area (Å²) in [4.78, 5) is 0.196. The topological polar surface area (TPSA) is 59.1 Å². The molecule has 1 atom stereocenters. The molecule has 1 fully saturated rings. The van der Waals surface area contributed by atoms with Crippen LogP contribution in [0.5, 0.6) is 5.75 Å². The number of anilines is 2. The van der Waals surface area contributed by atoms with E-state index in [1.54, 1.807) is 36.4 Å². The lowest BCUT2D eigenvalue weighted by molar-refractivity contribution is 0.260. The van der Waals surface area contributed by atoms with Crippen molar-refractivity contribution >= 4 is 21.4 Å². The van der Waals surface area contributed by atoms with Crippen LogP contribution < -0.4 is 9.04 Å². The van der Waals surface area contributed by atoms with Crippen LogP contribution in [-0.4, -0.2) is 27.7 Å². The summed E-state index contributed by atoms with van der Waals surface area (Å²) in [5, 5.41) is 0. The predicted molar refractivity (Wildman–Crippen MR) is 118 cm³/mol. The molecule has 3 aromatic carbocycles. The molecule has 0 spiro atoms. The first kappa shape index (κ1) is 20.4. The van der Waals surface area contributed by atoms with Crippen molar-refractivity contribution in [3.63, 3.8) is 0 Å². The molecular formula is C24H25NO4S. The molecule has 30 heavy (non-hydrogen) atoms. The van der Waals surface area contributed by atoms with E-state index in [0.29, 0.717) is 30.3 Å². The fraction of sp³-hybridized carbons (Fsp3) is 0.250. The largest absolute Gasteiger partial charge is 0.490 e. The molecule has 0 radical (unpaired) electrons. The normalized spacial score (nSPS) is 15.6. The average Bonchev–Trinajstić information content (AvgIpc) is 3.59. The molecule has 0 bridgehead atoms. The van der Waals surface area contributed by atoms with Gasteiger partial charge in [-0.05, 0) is 42.3 Å². The first-order chi connectivity index (χ1) is 14.6. The molecule has 0 N–H and O–H groups in total. The lowest BCUT2D eigenvalue weighted by atomic mass is 10.1. The van der Waals surface area contributed by atoms with Crippen LogP contribution in [0.15, 0.2) is 83.8 Å². The Bertz CT molecular complexity index is 1040. The van der Waals surface area contributed by atoms with Gasteiger partial charge in [-0.25, -0.2) is 12.7 Å². The Hall–Kier alpha value is -2.83. The van der Waals surface area contributed by atoms with Crippen molar-refractivity contribution in [1.82, 2.24) is 0 Å². The summed E-state index contributed by atoms with van der Waals surface area (Å²) in [5.41, 5.74) is 2.16. The van der Waals surface area contributed by atoms with Gasteiger partial charge in [-0.3, -0.25) is 0 Å². The van der Waals surface area contributed by atoms with E-state index in [4.69, 9.17) is 9.47 Å². The molecule has 0 aliphatic carbocycles. The van der Waals surface area contributed by atoms with Crippen LogP contribution in [0.4, 0.5) is 11.4 Å². The molecule has 0 saturated carbocycles. The number of sulfonamides is 1. The number of nitrogens with zero attached hydrogens (tertiary/aromatic N) is 1. The lowest BCUT2D eigenvalue weighted by Crippen LogP contribution is -2.26. The number of hydrogen-bond donors (Lipinski definition) is 0. The molecule has 1 aliphatic heterocycles. The van der Waals surface area contributed by atoms with E-state index in [0.717, 1.165) is 18.4 Å². The average molecular weight is 424 g/mol. The second-order valence-electron chi connectivity index (χ2n) is 7.23. The maximum atomic E-state index is 13.8. The van der Waals surface area contributed by atoms with Crippen LogP contribution in [0.2, 0.25) is 0 Å². The van der Waals surface area contributed by atoms with Crippen LogP contribution in [0, 0.1) is 0 Å². The number of benzene rings is 3. The molecule has 1 saturated heterocycles. The van der Waals surface area contributed by atoms with Gasteiger partial charge in [-0.1, -0.05) is 55.8 Å². The SMILES string of the molecule is CCCc1ccc(S(=O)(=O)N(c2ccccc2)c2ccccc2)cc1OCC1CO1. The Labute approximate surface area is 177 Å². The van der Waals surface area contributed by atoms with Crippen molar-refractivity contribution in [2.75, 3.05) is 17.5 Å². The molecule has 6 heteroatoms. The third-order valence-corrected chi connectivity index (χ3v) is 6.66. The Morgan fingerprint density at radius 1 is 0.967 bits per heavy atom. The van der Waals surface area contributed by atoms with Crippen LogP contribution >= 0.6 is 0 Å². The monoisotopic (exact) mass is 423 g/mol. The van der Waals surface area contributed by atoms with E-state index >= 15 is 0 Å². The van der Waals surface area contributed by atoms with E-state index in [2.05, 4.69) is 6.92 Å². The van der Waals surface area contributed by atoms with E-state index in [-0.39, 0.29) is 11.0 Å². The molecule has 4 rings (SSSR count). The molecular weight excluding hydrogens is 398 g/mol. The van der Waals surface area contributed by atoms with Crippen LogP contribution in [0.1, 0.15) is 18.9 Å². The minimum absolute atomic E-state index is 0.102. The van der Waals surface area contributed by atoms with Gasteiger partial charge >= 0.3 is 0 Å². The Morgan fingerprint density at radius 3 is 2.10 bits per heavy atom. The number of ether oxygens (including phenoxy) is 2. The molecule has 1 unspecified atom stereocenters. The maximum absolute atomic E-state index is 13.8. The highest BCUT2D eigenvalue weighted by atomic mass is 32.2.